The Morgan fingerprint density at radius 1 is 0.286 bits per heavy atom. The van der Waals surface area contributed by atoms with Crippen molar-refractivity contribution in [1.29, 1.82) is 0 Å². The molecule has 0 amide bonds. The summed E-state index contributed by atoms with van der Waals surface area (Å²) < 4.78 is 16.9. The van der Waals surface area contributed by atoms with E-state index in [0.29, 0.717) is 19.3 Å². The van der Waals surface area contributed by atoms with E-state index in [4.69, 9.17) is 14.2 Å². The van der Waals surface area contributed by atoms with Gasteiger partial charge < -0.3 is 14.2 Å². The van der Waals surface area contributed by atoms with E-state index >= 15 is 0 Å². The van der Waals surface area contributed by atoms with Crippen molar-refractivity contribution in [3.8, 4) is 0 Å². The molecule has 0 aliphatic carbocycles. The molecule has 0 saturated carbocycles. The molecule has 0 fully saturated rings. The van der Waals surface area contributed by atoms with E-state index in [0.717, 1.165) is 103 Å². The standard InChI is InChI=1S/C64H114O6/c1-4-7-10-13-16-19-22-25-28-30-31-32-33-34-37-39-42-45-48-51-54-57-63(66)69-60-61(59-68-62(65)56-53-50-47-44-41-38-35-27-24-21-18-15-12-9-6-3)70-64(67)58-55-52-49-46-43-40-36-29-26-23-20-17-14-11-8-5-2/h20,22-23,25,29-31,33-34,36,61H,4-19,21,24,26-28,32,35,37-60H2,1-3H3/b23-20-,25-22-,31-30-,34-33-,36-29-. The first-order valence-corrected chi connectivity index (χ1v) is 30.3. The van der Waals surface area contributed by atoms with Crippen LogP contribution in [-0.4, -0.2) is 37.2 Å². The molecule has 0 heterocycles. The molecule has 0 bridgehead atoms. The maximum absolute atomic E-state index is 12.9. The summed E-state index contributed by atoms with van der Waals surface area (Å²) in [5, 5.41) is 0. The summed E-state index contributed by atoms with van der Waals surface area (Å²) in [6.07, 6.45) is 73.5. The highest BCUT2D eigenvalue weighted by atomic mass is 16.6. The van der Waals surface area contributed by atoms with E-state index < -0.39 is 6.10 Å². The van der Waals surface area contributed by atoms with Gasteiger partial charge in [-0.15, -0.1) is 0 Å². The van der Waals surface area contributed by atoms with Gasteiger partial charge in [0, 0.05) is 19.3 Å². The highest BCUT2D eigenvalue weighted by molar-refractivity contribution is 5.71. The van der Waals surface area contributed by atoms with Crippen LogP contribution in [0.15, 0.2) is 60.8 Å². The Hall–Kier alpha value is -2.89. The number of esters is 3. The molecule has 406 valence electrons. The first-order chi connectivity index (χ1) is 34.5. The zero-order valence-electron chi connectivity index (χ0n) is 46.5. The molecule has 70 heavy (non-hydrogen) atoms. The van der Waals surface area contributed by atoms with E-state index in [1.54, 1.807) is 0 Å². The van der Waals surface area contributed by atoms with Gasteiger partial charge in [-0.3, -0.25) is 14.4 Å². The SMILES string of the molecule is CCCCCC/C=C\C/C=C\CCCCCCCC(=O)OC(COC(=O)CCCCCCCC/C=C\C/C=C\C/C=C\CCCCCCC)COC(=O)CCCCCCCCCCCCCCCCC. The zero-order chi connectivity index (χ0) is 50.7. The second kappa shape index (κ2) is 58.7. The van der Waals surface area contributed by atoms with Crippen LogP contribution in [0.4, 0.5) is 0 Å². The van der Waals surface area contributed by atoms with Crippen molar-refractivity contribution in [2.75, 3.05) is 13.2 Å². The third-order valence-corrected chi connectivity index (χ3v) is 13.2. The lowest BCUT2D eigenvalue weighted by molar-refractivity contribution is -0.167. The summed E-state index contributed by atoms with van der Waals surface area (Å²) in [5.41, 5.74) is 0. The van der Waals surface area contributed by atoms with Gasteiger partial charge in [0.2, 0.25) is 0 Å². The van der Waals surface area contributed by atoms with Gasteiger partial charge in [-0.1, -0.05) is 261 Å². The number of unbranched alkanes of at least 4 members (excludes halogenated alkanes) is 34. The third kappa shape index (κ3) is 56.0. The van der Waals surface area contributed by atoms with Crippen molar-refractivity contribution in [3.63, 3.8) is 0 Å². The first kappa shape index (κ1) is 67.1. The normalized spacial score (nSPS) is 12.4. The Bertz CT molecular complexity index is 1260. The van der Waals surface area contributed by atoms with Crippen LogP contribution in [0.1, 0.15) is 310 Å². The molecule has 0 saturated heterocycles. The molecule has 0 aromatic rings. The molecule has 1 unspecified atom stereocenters. The molecule has 0 spiro atoms. The summed E-state index contributed by atoms with van der Waals surface area (Å²) in [6.45, 7) is 6.62. The summed E-state index contributed by atoms with van der Waals surface area (Å²) in [7, 11) is 0. The number of carbonyl (C=O) groups is 3. The van der Waals surface area contributed by atoms with Crippen molar-refractivity contribution in [2.45, 2.75) is 316 Å². The Labute approximate surface area is 434 Å². The lowest BCUT2D eigenvalue weighted by Gasteiger charge is -2.18. The van der Waals surface area contributed by atoms with E-state index in [2.05, 4.69) is 81.5 Å². The second-order valence-corrected chi connectivity index (χ2v) is 20.3. The number of ether oxygens (including phenoxy) is 3. The van der Waals surface area contributed by atoms with E-state index in [1.165, 1.54) is 167 Å². The van der Waals surface area contributed by atoms with E-state index in [-0.39, 0.29) is 31.1 Å². The van der Waals surface area contributed by atoms with Crippen molar-refractivity contribution in [1.82, 2.24) is 0 Å². The summed E-state index contributed by atoms with van der Waals surface area (Å²) in [4.78, 5) is 38.2. The lowest BCUT2D eigenvalue weighted by atomic mass is 10.0. The lowest BCUT2D eigenvalue weighted by Crippen LogP contribution is -2.30. The summed E-state index contributed by atoms with van der Waals surface area (Å²) in [5.74, 6) is -0.894. The number of hydrogen-bond acceptors (Lipinski definition) is 6. The molecule has 0 N–H and O–H groups in total. The van der Waals surface area contributed by atoms with Crippen LogP contribution >= 0.6 is 0 Å². The quantitative estimate of drug-likeness (QED) is 0.0261. The molecule has 0 radical (unpaired) electrons. The minimum Gasteiger partial charge on any atom is -0.462 e. The molecule has 0 aromatic carbocycles. The maximum Gasteiger partial charge on any atom is 0.306 e. The molecule has 0 aliphatic heterocycles. The van der Waals surface area contributed by atoms with Gasteiger partial charge >= 0.3 is 17.9 Å². The molecule has 6 nitrogen and oxygen atoms in total. The highest BCUT2D eigenvalue weighted by Gasteiger charge is 2.19. The van der Waals surface area contributed by atoms with Crippen LogP contribution in [-0.2, 0) is 28.6 Å². The van der Waals surface area contributed by atoms with Crippen LogP contribution in [0.25, 0.3) is 0 Å². The van der Waals surface area contributed by atoms with Crippen LogP contribution < -0.4 is 0 Å². The zero-order valence-corrected chi connectivity index (χ0v) is 46.5. The van der Waals surface area contributed by atoms with Gasteiger partial charge in [0.05, 0.1) is 0 Å². The monoisotopic (exact) mass is 979 g/mol. The largest absolute Gasteiger partial charge is 0.462 e. The second-order valence-electron chi connectivity index (χ2n) is 20.3. The average Bonchev–Trinajstić information content (AvgIpc) is 3.36. The number of rotatable bonds is 55. The topological polar surface area (TPSA) is 78.9 Å². The molecule has 0 aliphatic rings. The molecule has 1 atom stereocenters. The summed E-state index contributed by atoms with van der Waals surface area (Å²) in [6, 6.07) is 0. The Kier molecular flexibility index (Phi) is 56.3. The van der Waals surface area contributed by atoms with Crippen LogP contribution in [0.3, 0.4) is 0 Å². The Morgan fingerprint density at radius 3 is 0.814 bits per heavy atom. The molecule has 6 heteroatoms. The number of hydrogen-bond donors (Lipinski definition) is 0. The highest BCUT2D eigenvalue weighted by Crippen LogP contribution is 2.16. The van der Waals surface area contributed by atoms with E-state index in [9.17, 15) is 14.4 Å². The van der Waals surface area contributed by atoms with Crippen molar-refractivity contribution in [3.05, 3.63) is 60.8 Å². The van der Waals surface area contributed by atoms with Crippen molar-refractivity contribution in [2.24, 2.45) is 0 Å². The molecule has 0 aromatic heterocycles. The minimum atomic E-state index is -0.786. The molecule has 0 rings (SSSR count). The van der Waals surface area contributed by atoms with Gasteiger partial charge in [0.15, 0.2) is 6.10 Å². The maximum atomic E-state index is 12.9. The molecular formula is C64H114O6. The molecular weight excluding hydrogens is 865 g/mol. The third-order valence-electron chi connectivity index (χ3n) is 13.2. The van der Waals surface area contributed by atoms with Crippen LogP contribution in [0.5, 0.6) is 0 Å². The van der Waals surface area contributed by atoms with Gasteiger partial charge in [-0.25, -0.2) is 0 Å². The fourth-order valence-corrected chi connectivity index (χ4v) is 8.66. The minimum absolute atomic E-state index is 0.0816. The predicted octanol–water partition coefficient (Wildman–Crippen LogP) is 20.4. The van der Waals surface area contributed by atoms with Crippen LogP contribution in [0.2, 0.25) is 0 Å². The van der Waals surface area contributed by atoms with Crippen molar-refractivity contribution < 1.29 is 28.6 Å². The van der Waals surface area contributed by atoms with Gasteiger partial charge in [0.25, 0.3) is 0 Å². The van der Waals surface area contributed by atoms with Crippen molar-refractivity contribution >= 4 is 17.9 Å². The fraction of sp³-hybridized carbons (Fsp3) is 0.797. The van der Waals surface area contributed by atoms with Crippen LogP contribution in [0, 0.1) is 0 Å². The number of allylic oxidation sites excluding steroid dienone is 10. The fourth-order valence-electron chi connectivity index (χ4n) is 8.66. The van der Waals surface area contributed by atoms with E-state index in [1.807, 2.05) is 0 Å². The van der Waals surface area contributed by atoms with Gasteiger partial charge in [-0.2, -0.15) is 0 Å². The summed E-state index contributed by atoms with van der Waals surface area (Å²) >= 11 is 0. The number of carbonyl (C=O) groups excluding carboxylic acids is 3. The predicted molar refractivity (Wildman–Crippen MR) is 302 cm³/mol. The Balaban J connectivity index is 4.39. The average molecular weight is 980 g/mol. The van der Waals surface area contributed by atoms with Gasteiger partial charge in [-0.05, 0) is 89.9 Å². The smallest absolute Gasteiger partial charge is 0.306 e. The Morgan fingerprint density at radius 2 is 0.514 bits per heavy atom. The van der Waals surface area contributed by atoms with Gasteiger partial charge in [0.1, 0.15) is 13.2 Å². The first-order valence-electron chi connectivity index (χ1n) is 30.3.